The van der Waals surface area contributed by atoms with Crippen molar-refractivity contribution in [2.75, 3.05) is 0 Å². The summed E-state index contributed by atoms with van der Waals surface area (Å²) in [5.74, 6) is 0. The zero-order valence-electron chi connectivity index (χ0n) is 8.70. The van der Waals surface area contributed by atoms with E-state index in [1.165, 1.54) is 0 Å². The molecule has 0 saturated heterocycles. The third kappa shape index (κ3) is 3.10. The van der Waals surface area contributed by atoms with Gasteiger partial charge in [0.05, 0.1) is 0 Å². The molecule has 4 heteroatoms. The molecule has 0 aromatic heterocycles. The van der Waals surface area contributed by atoms with Gasteiger partial charge in [0.15, 0.2) is 0 Å². The molecule has 0 spiro atoms. The summed E-state index contributed by atoms with van der Waals surface area (Å²) in [4.78, 5) is 0. The van der Waals surface area contributed by atoms with Gasteiger partial charge in [-0.1, -0.05) is 61.7 Å². The Morgan fingerprint density at radius 3 is 2.24 bits per heavy atom. The first-order valence-electron chi connectivity index (χ1n) is 4.96. The minimum absolute atomic E-state index is 0.642. The van der Waals surface area contributed by atoms with E-state index in [0.717, 1.165) is 20.1 Å². The summed E-state index contributed by atoms with van der Waals surface area (Å²) in [5, 5.41) is 10.9. The quantitative estimate of drug-likeness (QED) is 0.787. The van der Waals surface area contributed by atoms with Crippen molar-refractivity contribution in [3.8, 4) is 0 Å². The van der Waals surface area contributed by atoms with Gasteiger partial charge in [-0.25, -0.2) is 0 Å². The first-order valence-corrected chi connectivity index (χ1v) is 6.93. The third-order valence-corrected chi connectivity index (χ3v) is 3.89. The molecule has 2 aromatic carbocycles. The van der Waals surface area contributed by atoms with E-state index in [0.29, 0.717) is 5.02 Å². The average Bonchev–Trinajstić information content (AvgIpc) is 2.29. The van der Waals surface area contributed by atoms with Gasteiger partial charge in [-0.05, 0) is 35.4 Å². The molecular weight excluding hydrogens is 367 g/mol. The van der Waals surface area contributed by atoms with Crippen LogP contribution in [0.15, 0.2) is 51.4 Å². The average molecular weight is 376 g/mol. The second-order valence-electron chi connectivity index (χ2n) is 3.62. The summed E-state index contributed by atoms with van der Waals surface area (Å²) in [7, 11) is 0. The molecule has 0 saturated carbocycles. The molecule has 2 aromatic rings. The van der Waals surface area contributed by atoms with Crippen LogP contribution in [0.2, 0.25) is 5.02 Å². The van der Waals surface area contributed by atoms with Crippen molar-refractivity contribution in [1.82, 2.24) is 0 Å². The lowest BCUT2D eigenvalue weighted by atomic mass is 10.0. The molecule has 0 aliphatic heterocycles. The molecule has 0 amide bonds. The van der Waals surface area contributed by atoms with Gasteiger partial charge < -0.3 is 5.11 Å². The van der Waals surface area contributed by atoms with E-state index in [1.54, 1.807) is 12.1 Å². The second-order valence-corrected chi connectivity index (χ2v) is 5.83. The number of rotatable bonds is 2. The topological polar surface area (TPSA) is 20.2 Å². The number of hydrogen-bond acceptors (Lipinski definition) is 1. The zero-order chi connectivity index (χ0) is 12.4. The smallest absolute Gasteiger partial charge is 0.105 e. The maximum absolute atomic E-state index is 10.3. The van der Waals surface area contributed by atoms with Crippen LogP contribution >= 0.6 is 43.5 Å². The number of halogens is 3. The Hall–Kier alpha value is -0.350. The summed E-state index contributed by atoms with van der Waals surface area (Å²) in [6.07, 6.45) is -0.658. The van der Waals surface area contributed by atoms with Gasteiger partial charge in [0.2, 0.25) is 0 Å². The van der Waals surface area contributed by atoms with Crippen LogP contribution in [0, 0.1) is 0 Å². The van der Waals surface area contributed by atoms with Crippen molar-refractivity contribution in [3.63, 3.8) is 0 Å². The van der Waals surface area contributed by atoms with Crippen molar-refractivity contribution in [2.24, 2.45) is 0 Å². The summed E-state index contributed by atoms with van der Waals surface area (Å²) < 4.78 is 1.80. The van der Waals surface area contributed by atoms with Gasteiger partial charge in [0.25, 0.3) is 0 Å². The van der Waals surface area contributed by atoms with Gasteiger partial charge >= 0.3 is 0 Å². The molecule has 1 N–H and O–H groups in total. The van der Waals surface area contributed by atoms with E-state index >= 15 is 0 Å². The van der Waals surface area contributed by atoms with Crippen LogP contribution in [-0.2, 0) is 0 Å². The van der Waals surface area contributed by atoms with Gasteiger partial charge in [0, 0.05) is 14.0 Å². The lowest BCUT2D eigenvalue weighted by molar-refractivity contribution is 0.219. The first-order chi connectivity index (χ1) is 8.08. The van der Waals surface area contributed by atoms with E-state index in [-0.39, 0.29) is 0 Å². The van der Waals surface area contributed by atoms with Crippen LogP contribution in [0.5, 0.6) is 0 Å². The van der Waals surface area contributed by atoms with Crippen molar-refractivity contribution >= 4 is 43.5 Å². The van der Waals surface area contributed by atoms with Crippen molar-refractivity contribution in [1.29, 1.82) is 0 Å². The van der Waals surface area contributed by atoms with E-state index in [2.05, 4.69) is 31.9 Å². The lowest BCUT2D eigenvalue weighted by Crippen LogP contribution is -2.00. The summed E-state index contributed by atoms with van der Waals surface area (Å²) in [6, 6.07) is 12.9. The van der Waals surface area contributed by atoms with E-state index in [9.17, 15) is 5.11 Å². The van der Waals surface area contributed by atoms with Gasteiger partial charge in [-0.15, -0.1) is 0 Å². The minimum Gasteiger partial charge on any atom is -0.384 e. The number of hydrogen-bond donors (Lipinski definition) is 1. The maximum atomic E-state index is 10.3. The van der Waals surface area contributed by atoms with E-state index < -0.39 is 6.10 Å². The Morgan fingerprint density at radius 1 is 1.00 bits per heavy atom. The van der Waals surface area contributed by atoms with Crippen molar-refractivity contribution in [3.05, 3.63) is 67.6 Å². The number of aliphatic hydroxyl groups excluding tert-OH is 1. The summed E-state index contributed by atoms with van der Waals surface area (Å²) >= 11 is 12.6. The predicted octanol–water partition coefficient (Wildman–Crippen LogP) is 4.95. The molecule has 88 valence electrons. The van der Waals surface area contributed by atoms with Crippen LogP contribution in [0.1, 0.15) is 17.2 Å². The highest BCUT2D eigenvalue weighted by Crippen LogP contribution is 2.31. The molecule has 1 unspecified atom stereocenters. The molecule has 0 radical (unpaired) electrons. The van der Waals surface area contributed by atoms with Gasteiger partial charge in [0.1, 0.15) is 6.10 Å². The van der Waals surface area contributed by atoms with Gasteiger partial charge in [-0.2, -0.15) is 0 Å². The second kappa shape index (κ2) is 5.53. The minimum atomic E-state index is -0.658. The monoisotopic (exact) mass is 374 g/mol. The Kier molecular flexibility index (Phi) is 4.26. The van der Waals surface area contributed by atoms with E-state index in [4.69, 9.17) is 11.6 Å². The summed E-state index contributed by atoms with van der Waals surface area (Å²) in [6.45, 7) is 0. The molecule has 2 rings (SSSR count). The number of benzene rings is 2. The van der Waals surface area contributed by atoms with Crippen LogP contribution in [0.25, 0.3) is 0 Å². The van der Waals surface area contributed by atoms with Crippen LogP contribution in [0.4, 0.5) is 0 Å². The SMILES string of the molecule is OC(c1ccc(Br)cc1)c1ccc(Cl)cc1Br. The molecular formula is C13H9Br2ClO. The fourth-order valence-electron chi connectivity index (χ4n) is 1.55. The Morgan fingerprint density at radius 2 is 1.65 bits per heavy atom. The standard InChI is InChI=1S/C13H9Br2ClO/c14-9-3-1-8(2-4-9)13(17)11-6-5-10(16)7-12(11)15/h1-7,13,17H. The molecule has 17 heavy (non-hydrogen) atoms. The van der Waals surface area contributed by atoms with Crippen LogP contribution in [0.3, 0.4) is 0 Å². The molecule has 1 atom stereocenters. The van der Waals surface area contributed by atoms with Crippen molar-refractivity contribution < 1.29 is 5.11 Å². The maximum Gasteiger partial charge on any atom is 0.105 e. The van der Waals surface area contributed by atoms with Crippen molar-refractivity contribution in [2.45, 2.75) is 6.10 Å². The largest absolute Gasteiger partial charge is 0.384 e. The Bertz CT molecular complexity index is 525. The first kappa shape index (κ1) is 13.1. The highest BCUT2D eigenvalue weighted by atomic mass is 79.9. The molecule has 0 fully saturated rings. The number of aliphatic hydroxyl groups is 1. The fourth-order valence-corrected chi connectivity index (χ4v) is 2.71. The lowest BCUT2D eigenvalue weighted by Gasteiger charge is -2.13. The van der Waals surface area contributed by atoms with Crippen LogP contribution < -0.4 is 0 Å². The molecule has 0 aliphatic carbocycles. The molecule has 0 aliphatic rings. The van der Waals surface area contributed by atoms with Gasteiger partial charge in [-0.3, -0.25) is 0 Å². The third-order valence-electron chi connectivity index (χ3n) is 2.44. The van der Waals surface area contributed by atoms with Crippen LogP contribution in [-0.4, -0.2) is 5.11 Å². The Labute approximate surface area is 122 Å². The predicted molar refractivity (Wildman–Crippen MR) is 77.4 cm³/mol. The normalized spacial score (nSPS) is 12.5. The molecule has 0 bridgehead atoms. The zero-order valence-corrected chi connectivity index (χ0v) is 12.6. The molecule has 0 heterocycles. The van der Waals surface area contributed by atoms with E-state index in [1.807, 2.05) is 30.3 Å². The highest BCUT2D eigenvalue weighted by Gasteiger charge is 2.13. The fraction of sp³-hybridized carbons (Fsp3) is 0.0769. The summed E-state index contributed by atoms with van der Waals surface area (Å²) in [5.41, 5.74) is 1.65. The highest BCUT2D eigenvalue weighted by molar-refractivity contribution is 9.10. The Balaban J connectivity index is 2.36. The molecule has 1 nitrogen and oxygen atoms in total.